The van der Waals surface area contributed by atoms with E-state index in [-0.39, 0.29) is 12.5 Å². The van der Waals surface area contributed by atoms with Gasteiger partial charge < -0.3 is 20.5 Å². The van der Waals surface area contributed by atoms with Crippen molar-refractivity contribution in [3.8, 4) is 11.5 Å². The van der Waals surface area contributed by atoms with E-state index in [1.54, 1.807) is 18.2 Å². The fraction of sp³-hybridized carbons (Fsp3) is 0.417. The first-order valence-electron chi connectivity index (χ1n) is 10.6. The third-order valence-electron chi connectivity index (χ3n) is 5.49. The van der Waals surface area contributed by atoms with Crippen molar-refractivity contribution in [2.75, 3.05) is 26.8 Å². The Bertz CT molecular complexity index is 915. The number of carbonyl (C=O) groups is 2. The van der Waals surface area contributed by atoms with Gasteiger partial charge in [0.15, 0.2) is 18.1 Å². The van der Waals surface area contributed by atoms with Crippen LogP contribution in [0.2, 0.25) is 0 Å². The van der Waals surface area contributed by atoms with E-state index in [9.17, 15) is 9.59 Å². The number of nitrogens with one attached hydrogen (secondary N) is 1. The van der Waals surface area contributed by atoms with Gasteiger partial charge in [-0.05, 0) is 54.6 Å². The van der Waals surface area contributed by atoms with E-state index in [0.717, 1.165) is 31.1 Å². The number of methoxy groups -OCH3 is 1. The summed E-state index contributed by atoms with van der Waals surface area (Å²) in [6, 6.07) is 13.1. The summed E-state index contributed by atoms with van der Waals surface area (Å²) in [5.74, 6) is 0.667. The summed E-state index contributed by atoms with van der Waals surface area (Å²) in [5.41, 5.74) is 7.91. The molecular formula is C24H31N3O4. The Morgan fingerprint density at radius 3 is 2.65 bits per heavy atom. The molecule has 1 unspecified atom stereocenters. The van der Waals surface area contributed by atoms with Crippen molar-refractivity contribution in [2.45, 2.75) is 32.9 Å². The molecule has 0 saturated carbocycles. The average Bonchev–Trinajstić information content (AvgIpc) is 2.76. The number of ether oxygens (including phenoxy) is 2. The van der Waals surface area contributed by atoms with Crippen LogP contribution >= 0.6 is 0 Å². The lowest BCUT2D eigenvalue weighted by Gasteiger charge is -2.31. The van der Waals surface area contributed by atoms with Gasteiger partial charge in [0.25, 0.3) is 11.8 Å². The van der Waals surface area contributed by atoms with Crippen LogP contribution < -0.4 is 20.5 Å². The van der Waals surface area contributed by atoms with Gasteiger partial charge in [0.1, 0.15) is 0 Å². The zero-order chi connectivity index (χ0) is 22.2. The molecule has 1 fully saturated rings. The van der Waals surface area contributed by atoms with E-state index in [0.29, 0.717) is 23.6 Å². The molecule has 3 N–H and O–H groups in total. The van der Waals surface area contributed by atoms with Crippen molar-refractivity contribution < 1.29 is 19.1 Å². The minimum atomic E-state index is -0.582. The van der Waals surface area contributed by atoms with Gasteiger partial charge in [0, 0.05) is 25.2 Å². The Morgan fingerprint density at radius 2 is 1.94 bits per heavy atom. The standard InChI is InChI=1S/C24H31N3O4/c1-17-6-5-11-27(14-17)15-20-8-4-3-7-19(20)13-26-24(29)18-9-10-21(22(12-18)30-2)31-16-23(25)28/h3-4,7-10,12,17H,5-6,11,13-16H2,1-2H3,(H2,25,28)(H,26,29). The Morgan fingerprint density at radius 1 is 1.16 bits per heavy atom. The molecule has 0 spiro atoms. The summed E-state index contributed by atoms with van der Waals surface area (Å²) < 4.78 is 10.6. The quantitative estimate of drug-likeness (QED) is 0.644. The maximum absolute atomic E-state index is 12.7. The number of hydrogen-bond donors (Lipinski definition) is 2. The van der Waals surface area contributed by atoms with Crippen LogP contribution in [0.3, 0.4) is 0 Å². The van der Waals surface area contributed by atoms with E-state index in [1.807, 2.05) is 12.1 Å². The van der Waals surface area contributed by atoms with Crippen molar-refractivity contribution >= 4 is 11.8 Å². The first-order chi connectivity index (χ1) is 15.0. The molecule has 166 valence electrons. The van der Waals surface area contributed by atoms with Crippen molar-refractivity contribution in [2.24, 2.45) is 11.7 Å². The summed E-state index contributed by atoms with van der Waals surface area (Å²) in [7, 11) is 1.48. The fourth-order valence-corrected chi connectivity index (χ4v) is 3.91. The number of benzene rings is 2. The molecule has 0 aromatic heterocycles. The molecule has 1 heterocycles. The molecule has 7 nitrogen and oxygen atoms in total. The highest BCUT2D eigenvalue weighted by atomic mass is 16.5. The highest BCUT2D eigenvalue weighted by Gasteiger charge is 2.18. The SMILES string of the molecule is COc1cc(C(=O)NCc2ccccc2CN2CCCC(C)C2)ccc1OCC(N)=O. The van der Waals surface area contributed by atoms with Gasteiger partial charge in [0.2, 0.25) is 0 Å². The molecule has 31 heavy (non-hydrogen) atoms. The van der Waals surface area contributed by atoms with Crippen LogP contribution in [0, 0.1) is 5.92 Å². The van der Waals surface area contributed by atoms with Crippen molar-refractivity contribution in [1.29, 1.82) is 0 Å². The van der Waals surface area contributed by atoms with E-state index in [2.05, 4.69) is 29.3 Å². The van der Waals surface area contributed by atoms with Crippen LogP contribution in [0.4, 0.5) is 0 Å². The summed E-state index contributed by atoms with van der Waals surface area (Å²) in [6.07, 6.45) is 2.53. The Hall–Kier alpha value is -3.06. The number of primary amides is 1. The highest BCUT2D eigenvalue weighted by molar-refractivity contribution is 5.94. The van der Waals surface area contributed by atoms with E-state index in [1.165, 1.54) is 25.5 Å². The smallest absolute Gasteiger partial charge is 0.255 e. The second kappa shape index (κ2) is 10.8. The van der Waals surface area contributed by atoms with Gasteiger partial charge in [-0.2, -0.15) is 0 Å². The molecule has 7 heteroatoms. The van der Waals surface area contributed by atoms with Gasteiger partial charge >= 0.3 is 0 Å². The predicted molar refractivity (Wildman–Crippen MR) is 119 cm³/mol. The van der Waals surface area contributed by atoms with Crippen LogP contribution in [0.1, 0.15) is 41.3 Å². The van der Waals surface area contributed by atoms with Gasteiger partial charge in [-0.25, -0.2) is 0 Å². The molecule has 2 aromatic carbocycles. The molecule has 1 atom stereocenters. The highest BCUT2D eigenvalue weighted by Crippen LogP contribution is 2.28. The molecule has 1 aliphatic heterocycles. The van der Waals surface area contributed by atoms with Crippen LogP contribution in [-0.2, 0) is 17.9 Å². The maximum Gasteiger partial charge on any atom is 0.255 e. The van der Waals surface area contributed by atoms with E-state index < -0.39 is 5.91 Å². The Balaban J connectivity index is 1.63. The lowest BCUT2D eigenvalue weighted by Crippen LogP contribution is -2.34. The first-order valence-corrected chi connectivity index (χ1v) is 10.6. The topological polar surface area (TPSA) is 93.9 Å². The second-order valence-electron chi connectivity index (χ2n) is 8.05. The Labute approximate surface area is 183 Å². The summed E-state index contributed by atoms with van der Waals surface area (Å²) in [4.78, 5) is 26.1. The lowest BCUT2D eigenvalue weighted by atomic mass is 9.99. The summed E-state index contributed by atoms with van der Waals surface area (Å²) in [5, 5.41) is 2.99. The number of nitrogens with two attached hydrogens (primary N) is 1. The maximum atomic E-state index is 12.7. The molecule has 2 aromatic rings. The fourth-order valence-electron chi connectivity index (χ4n) is 3.91. The molecule has 1 aliphatic rings. The van der Waals surface area contributed by atoms with Crippen molar-refractivity contribution in [1.82, 2.24) is 10.2 Å². The number of rotatable bonds is 9. The second-order valence-corrected chi connectivity index (χ2v) is 8.05. The molecule has 1 saturated heterocycles. The van der Waals surface area contributed by atoms with Crippen LogP contribution in [-0.4, -0.2) is 43.5 Å². The normalized spacial score (nSPS) is 16.5. The molecule has 2 amide bonds. The van der Waals surface area contributed by atoms with Crippen LogP contribution in [0.25, 0.3) is 0 Å². The third kappa shape index (κ3) is 6.46. The number of piperidine rings is 1. The molecule has 0 radical (unpaired) electrons. The summed E-state index contributed by atoms with van der Waals surface area (Å²) in [6.45, 7) is 5.63. The number of amides is 2. The minimum Gasteiger partial charge on any atom is -0.493 e. The number of carbonyl (C=O) groups excluding carboxylic acids is 2. The number of hydrogen-bond acceptors (Lipinski definition) is 5. The van der Waals surface area contributed by atoms with Gasteiger partial charge in [-0.3, -0.25) is 14.5 Å². The van der Waals surface area contributed by atoms with Crippen molar-refractivity contribution in [3.05, 3.63) is 59.2 Å². The van der Waals surface area contributed by atoms with E-state index in [4.69, 9.17) is 15.2 Å². The van der Waals surface area contributed by atoms with Gasteiger partial charge in [-0.15, -0.1) is 0 Å². The minimum absolute atomic E-state index is 0.207. The number of likely N-dealkylation sites (tertiary alicyclic amines) is 1. The molecular weight excluding hydrogens is 394 g/mol. The Kier molecular flexibility index (Phi) is 7.89. The predicted octanol–water partition coefficient (Wildman–Crippen LogP) is 2.72. The van der Waals surface area contributed by atoms with Gasteiger partial charge in [-0.1, -0.05) is 31.2 Å². The van der Waals surface area contributed by atoms with Crippen LogP contribution in [0.5, 0.6) is 11.5 Å². The van der Waals surface area contributed by atoms with Gasteiger partial charge in [0.05, 0.1) is 7.11 Å². The zero-order valence-corrected chi connectivity index (χ0v) is 18.2. The van der Waals surface area contributed by atoms with Crippen molar-refractivity contribution in [3.63, 3.8) is 0 Å². The average molecular weight is 426 g/mol. The zero-order valence-electron chi connectivity index (χ0n) is 18.2. The molecule has 0 aliphatic carbocycles. The number of nitrogens with zero attached hydrogens (tertiary/aromatic N) is 1. The first kappa shape index (κ1) is 22.6. The molecule has 0 bridgehead atoms. The monoisotopic (exact) mass is 425 g/mol. The third-order valence-corrected chi connectivity index (χ3v) is 5.49. The summed E-state index contributed by atoms with van der Waals surface area (Å²) >= 11 is 0. The lowest BCUT2D eigenvalue weighted by molar-refractivity contribution is -0.119. The molecule has 3 rings (SSSR count). The van der Waals surface area contributed by atoms with E-state index >= 15 is 0 Å². The largest absolute Gasteiger partial charge is 0.493 e. The van der Waals surface area contributed by atoms with Crippen LogP contribution in [0.15, 0.2) is 42.5 Å².